The molecule has 0 saturated heterocycles. The molecule has 1 aliphatic heterocycles. The molecule has 5 heteroatoms. The van der Waals surface area contributed by atoms with Crippen molar-refractivity contribution in [2.45, 2.75) is 19.9 Å². The molecule has 0 radical (unpaired) electrons. The van der Waals surface area contributed by atoms with Crippen LogP contribution >= 0.6 is 0 Å². The highest BCUT2D eigenvalue weighted by Crippen LogP contribution is 2.36. The summed E-state index contributed by atoms with van der Waals surface area (Å²) in [7, 11) is 0. The van der Waals surface area contributed by atoms with Crippen LogP contribution in [0.25, 0.3) is 0 Å². The molecule has 0 unspecified atom stereocenters. The van der Waals surface area contributed by atoms with Gasteiger partial charge in [0.1, 0.15) is 5.75 Å². The molecule has 1 aliphatic rings. The maximum atomic E-state index is 5.78. The zero-order valence-electron chi connectivity index (χ0n) is 12.0. The van der Waals surface area contributed by atoms with Crippen molar-refractivity contribution in [1.82, 2.24) is 10.3 Å². The molecular formula is C16H18N2O3. The van der Waals surface area contributed by atoms with Crippen molar-refractivity contribution in [2.24, 2.45) is 0 Å². The molecule has 2 heterocycles. The second kappa shape index (κ2) is 6.45. The van der Waals surface area contributed by atoms with Gasteiger partial charge >= 0.3 is 0 Å². The number of benzene rings is 1. The Labute approximate surface area is 123 Å². The van der Waals surface area contributed by atoms with Crippen LogP contribution in [0, 0.1) is 0 Å². The van der Waals surface area contributed by atoms with E-state index in [2.05, 4.69) is 17.2 Å². The largest absolute Gasteiger partial charge is 0.454 e. The average Bonchev–Trinajstić information content (AvgIpc) is 2.95. The van der Waals surface area contributed by atoms with Gasteiger partial charge < -0.3 is 19.5 Å². The molecule has 5 nitrogen and oxygen atoms in total. The third kappa shape index (κ3) is 3.44. The third-order valence-corrected chi connectivity index (χ3v) is 3.12. The van der Waals surface area contributed by atoms with Crippen molar-refractivity contribution in [1.29, 1.82) is 0 Å². The van der Waals surface area contributed by atoms with Gasteiger partial charge in [-0.05, 0) is 36.7 Å². The smallest absolute Gasteiger partial charge is 0.231 e. The highest BCUT2D eigenvalue weighted by molar-refractivity contribution is 5.47. The first-order valence-electron chi connectivity index (χ1n) is 7.08. The molecule has 0 fully saturated rings. The van der Waals surface area contributed by atoms with E-state index in [1.165, 1.54) is 0 Å². The van der Waals surface area contributed by atoms with Crippen LogP contribution in [0.15, 0.2) is 36.5 Å². The van der Waals surface area contributed by atoms with E-state index in [1.54, 1.807) is 6.20 Å². The van der Waals surface area contributed by atoms with Crippen LogP contribution in [-0.4, -0.2) is 18.3 Å². The predicted octanol–water partition coefficient (Wildman–Crippen LogP) is 3.10. The minimum Gasteiger partial charge on any atom is -0.454 e. The molecule has 0 spiro atoms. The van der Waals surface area contributed by atoms with Crippen molar-refractivity contribution < 1.29 is 14.2 Å². The maximum absolute atomic E-state index is 5.78. The van der Waals surface area contributed by atoms with E-state index >= 15 is 0 Å². The van der Waals surface area contributed by atoms with E-state index < -0.39 is 0 Å². The summed E-state index contributed by atoms with van der Waals surface area (Å²) >= 11 is 0. The molecule has 21 heavy (non-hydrogen) atoms. The normalized spacial score (nSPS) is 12.4. The number of aromatic nitrogens is 1. The summed E-state index contributed by atoms with van der Waals surface area (Å²) in [5, 5.41) is 3.36. The fourth-order valence-corrected chi connectivity index (χ4v) is 2.09. The Balaban J connectivity index is 1.68. The van der Waals surface area contributed by atoms with Gasteiger partial charge in [0.25, 0.3) is 0 Å². The number of fused-ring (bicyclic) bond motifs is 1. The van der Waals surface area contributed by atoms with Gasteiger partial charge in [0.15, 0.2) is 11.5 Å². The molecule has 1 aromatic carbocycles. The van der Waals surface area contributed by atoms with E-state index in [9.17, 15) is 0 Å². The summed E-state index contributed by atoms with van der Waals surface area (Å²) < 4.78 is 16.4. The first-order valence-corrected chi connectivity index (χ1v) is 7.08. The summed E-state index contributed by atoms with van der Waals surface area (Å²) in [5.74, 6) is 2.70. The molecule has 0 amide bonds. The Bertz CT molecular complexity index is 616. The molecular weight excluding hydrogens is 268 g/mol. The Morgan fingerprint density at radius 2 is 2.10 bits per heavy atom. The molecule has 1 aromatic heterocycles. The van der Waals surface area contributed by atoms with Crippen molar-refractivity contribution in [3.63, 3.8) is 0 Å². The monoisotopic (exact) mass is 286 g/mol. The fraction of sp³-hybridized carbons (Fsp3) is 0.312. The van der Waals surface area contributed by atoms with Crippen LogP contribution in [0.2, 0.25) is 0 Å². The van der Waals surface area contributed by atoms with Crippen LogP contribution in [-0.2, 0) is 6.54 Å². The van der Waals surface area contributed by atoms with Gasteiger partial charge in [-0.3, -0.25) is 0 Å². The van der Waals surface area contributed by atoms with Gasteiger partial charge in [-0.25, -0.2) is 4.98 Å². The Kier molecular flexibility index (Phi) is 4.21. The molecule has 0 saturated carbocycles. The minimum absolute atomic E-state index is 0.260. The molecule has 0 bridgehead atoms. The van der Waals surface area contributed by atoms with Gasteiger partial charge in [0.05, 0.1) is 0 Å². The van der Waals surface area contributed by atoms with E-state index in [0.29, 0.717) is 17.4 Å². The van der Waals surface area contributed by atoms with Gasteiger partial charge in [-0.15, -0.1) is 0 Å². The maximum Gasteiger partial charge on any atom is 0.231 e. The predicted molar refractivity (Wildman–Crippen MR) is 78.9 cm³/mol. The van der Waals surface area contributed by atoms with E-state index in [-0.39, 0.29) is 6.79 Å². The lowest BCUT2D eigenvalue weighted by Crippen LogP contribution is -2.13. The van der Waals surface area contributed by atoms with Crippen LogP contribution < -0.4 is 19.5 Å². The van der Waals surface area contributed by atoms with Gasteiger partial charge in [-0.1, -0.05) is 6.92 Å². The van der Waals surface area contributed by atoms with E-state index in [0.717, 1.165) is 30.8 Å². The highest BCUT2D eigenvalue weighted by Gasteiger charge is 2.14. The van der Waals surface area contributed by atoms with Gasteiger partial charge in [0.2, 0.25) is 12.7 Å². The van der Waals surface area contributed by atoms with Crippen LogP contribution in [0.1, 0.15) is 18.9 Å². The Morgan fingerprint density at radius 1 is 1.19 bits per heavy atom. The first-order chi connectivity index (χ1) is 10.3. The number of nitrogens with zero attached hydrogens (tertiary/aromatic N) is 1. The molecule has 1 N–H and O–H groups in total. The second-order valence-electron chi connectivity index (χ2n) is 4.80. The molecule has 110 valence electrons. The summed E-state index contributed by atoms with van der Waals surface area (Å²) in [6.45, 7) is 4.22. The molecule has 2 aromatic rings. The number of hydrogen-bond acceptors (Lipinski definition) is 5. The number of pyridine rings is 1. The van der Waals surface area contributed by atoms with Crippen LogP contribution in [0.5, 0.6) is 23.1 Å². The Hall–Kier alpha value is -2.27. The quantitative estimate of drug-likeness (QED) is 0.827. The Morgan fingerprint density at radius 3 is 3.00 bits per heavy atom. The highest BCUT2D eigenvalue weighted by atomic mass is 16.7. The van der Waals surface area contributed by atoms with Gasteiger partial charge in [-0.2, -0.15) is 0 Å². The summed E-state index contributed by atoms with van der Waals surface area (Å²) in [4.78, 5) is 4.23. The van der Waals surface area contributed by atoms with Crippen molar-refractivity contribution in [3.8, 4) is 23.1 Å². The first kappa shape index (κ1) is 13.7. The number of hydrogen-bond donors (Lipinski definition) is 1. The topological polar surface area (TPSA) is 52.6 Å². The number of ether oxygens (including phenoxy) is 3. The van der Waals surface area contributed by atoms with E-state index in [1.807, 2.05) is 30.3 Å². The third-order valence-electron chi connectivity index (χ3n) is 3.12. The summed E-state index contributed by atoms with van der Waals surface area (Å²) in [6, 6.07) is 9.41. The molecule has 0 aliphatic carbocycles. The fourth-order valence-electron chi connectivity index (χ4n) is 2.09. The SMILES string of the molecule is CCCNCc1ccnc(Oc2ccc3c(c2)OCO3)c1. The average molecular weight is 286 g/mol. The minimum atomic E-state index is 0.260. The zero-order valence-corrected chi connectivity index (χ0v) is 12.0. The molecule has 0 atom stereocenters. The van der Waals surface area contributed by atoms with Crippen molar-refractivity contribution in [2.75, 3.05) is 13.3 Å². The van der Waals surface area contributed by atoms with Gasteiger partial charge in [0, 0.05) is 24.9 Å². The number of nitrogens with one attached hydrogen (secondary N) is 1. The molecule has 3 rings (SSSR count). The van der Waals surface area contributed by atoms with Crippen molar-refractivity contribution >= 4 is 0 Å². The lowest BCUT2D eigenvalue weighted by Gasteiger charge is -2.08. The van der Waals surface area contributed by atoms with Crippen molar-refractivity contribution in [3.05, 3.63) is 42.1 Å². The lowest BCUT2D eigenvalue weighted by atomic mass is 10.2. The lowest BCUT2D eigenvalue weighted by molar-refractivity contribution is 0.174. The second-order valence-corrected chi connectivity index (χ2v) is 4.80. The standard InChI is InChI=1S/C16H18N2O3/c1-2-6-17-10-12-5-7-18-16(8-12)21-13-3-4-14-15(9-13)20-11-19-14/h3-5,7-9,17H,2,6,10-11H2,1H3. The van der Waals surface area contributed by atoms with Crippen LogP contribution in [0.4, 0.5) is 0 Å². The summed E-state index contributed by atoms with van der Waals surface area (Å²) in [6.07, 6.45) is 2.87. The van der Waals surface area contributed by atoms with Crippen LogP contribution in [0.3, 0.4) is 0 Å². The summed E-state index contributed by atoms with van der Waals surface area (Å²) in [5.41, 5.74) is 1.15. The van der Waals surface area contributed by atoms with E-state index in [4.69, 9.17) is 14.2 Å². The number of rotatable bonds is 6. The zero-order chi connectivity index (χ0) is 14.5.